The average molecular weight is 297 g/mol. The largest absolute Gasteiger partial charge is 0.328 e. The Morgan fingerprint density at radius 1 is 1.30 bits per heavy atom. The molecule has 0 atom stereocenters. The molecule has 1 amide bonds. The fraction of sp³-hybridized carbons (Fsp3) is 0.462. The smallest absolute Gasteiger partial charge is 0.240 e. The number of nitrogens with two attached hydrogens (primary N) is 1. The molecular formula is C13H19N3O3S. The van der Waals surface area contributed by atoms with E-state index in [0.29, 0.717) is 18.2 Å². The molecule has 6 nitrogen and oxygen atoms in total. The number of sulfonamides is 1. The third-order valence-corrected chi connectivity index (χ3v) is 4.76. The predicted molar refractivity (Wildman–Crippen MR) is 76.6 cm³/mol. The molecule has 0 unspecified atom stereocenters. The highest BCUT2D eigenvalue weighted by Crippen LogP contribution is 2.25. The standard InChI is InChI=1S/C13H19N3O3S/c1-9(17)16-12-2-4-13(5-3-12)20(18,19)15-8-10-6-11(14)7-10/h2-5,10-11,15H,6-8,14H2,1H3,(H,16,17). The molecule has 4 N–H and O–H groups in total. The summed E-state index contributed by atoms with van der Waals surface area (Å²) in [5.41, 5.74) is 6.23. The molecule has 1 saturated carbocycles. The second-order valence-electron chi connectivity index (χ2n) is 5.15. The van der Waals surface area contributed by atoms with Gasteiger partial charge < -0.3 is 11.1 Å². The first kappa shape index (κ1) is 15.0. The van der Waals surface area contributed by atoms with Crippen LogP contribution in [0.4, 0.5) is 5.69 Å². The first-order chi connectivity index (χ1) is 9.37. The zero-order chi connectivity index (χ0) is 14.8. The monoisotopic (exact) mass is 297 g/mol. The lowest BCUT2D eigenvalue weighted by atomic mass is 9.81. The van der Waals surface area contributed by atoms with Crippen LogP contribution in [0.25, 0.3) is 0 Å². The van der Waals surface area contributed by atoms with Crippen molar-refractivity contribution in [3.05, 3.63) is 24.3 Å². The zero-order valence-electron chi connectivity index (χ0n) is 11.3. The van der Waals surface area contributed by atoms with Gasteiger partial charge in [-0.1, -0.05) is 0 Å². The molecule has 2 rings (SSSR count). The summed E-state index contributed by atoms with van der Waals surface area (Å²) in [6, 6.07) is 6.28. The van der Waals surface area contributed by atoms with Crippen LogP contribution in [-0.2, 0) is 14.8 Å². The van der Waals surface area contributed by atoms with Crippen molar-refractivity contribution >= 4 is 21.6 Å². The fourth-order valence-electron chi connectivity index (χ4n) is 2.19. The van der Waals surface area contributed by atoms with Crippen LogP contribution >= 0.6 is 0 Å². The van der Waals surface area contributed by atoms with Crippen molar-refractivity contribution in [3.63, 3.8) is 0 Å². The van der Waals surface area contributed by atoms with Crippen LogP contribution in [-0.4, -0.2) is 26.9 Å². The van der Waals surface area contributed by atoms with E-state index in [1.807, 2.05) is 0 Å². The van der Waals surface area contributed by atoms with Gasteiger partial charge in [0.25, 0.3) is 0 Å². The van der Waals surface area contributed by atoms with Crippen LogP contribution in [0.3, 0.4) is 0 Å². The van der Waals surface area contributed by atoms with E-state index in [1.165, 1.54) is 19.1 Å². The Kier molecular flexibility index (Phi) is 4.42. The Bertz CT molecular complexity index is 577. The number of hydrogen-bond donors (Lipinski definition) is 3. The number of nitrogens with one attached hydrogen (secondary N) is 2. The van der Waals surface area contributed by atoms with E-state index in [9.17, 15) is 13.2 Å². The van der Waals surface area contributed by atoms with E-state index in [1.54, 1.807) is 12.1 Å². The number of carbonyl (C=O) groups excluding carboxylic acids is 1. The van der Waals surface area contributed by atoms with E-state index in [4.69, 9.17) is 5.73 Å². The lowest BCUT2D eigenvalue weighted by molar-refractivity contribution is -0.114. The minimum absolute atomic E-state index is 0.190. The third kappa shape index (κ3) is 3.78. The predicted octanol–water partition coefficient (Wildman–Crippen LogP) is 0.661. The molecule has 1 fully saturated rings. The summed E-state index contributed by atoms with van der Waals surface area (Å²) in [5, 5.41) is 2.59. The Labute approximate surface area is 118 Å². The van der Waals surface area contributed by atoms with Crippen LogP contribution in [0.2, 0.25) is 0 Å². The fourth-order valence-corrected chi connectivity index (χ4v) is 3.30. The molecular weight excluding hydrogens is 278 g/mol. The molecule has 1 aromatic carbocycles. The number of benzene rings is 1. The van der Waals surface area contributed by atoms with Crippen molar-refractivity contribution in [2.24, 2.45) is 11.7 Å². The maximum Gasteiger partial charge on any atom is 0.240 e. The van der Waals surface area contributed by atoms with Gasteiger partial charge in [0, 0.05) is 25.2 Å². The molecule has 1 aromatic rings. The van der Waals surface area contributed by atoms with Gasteiger partial charge in [-0.25, -0.2) is 13.1 Å². The van der Waals surface area contributed by atoms with Crippen LogP contribution in [0.5, 0.6) is 0 Å². The topological polar surface area (TPSA) is 101 Å². The summed E-state index contributed by atoms with van der Waals surface area (Å²) >= 11 is 0. The lowest BCUT2D eigenvalue weighted by Gasteiger charge is -2.32. The average Bonchev–Trinajstić information content (AvgIpc) is 2.33. The van der Waals surface area contributed by atoms with Crippen LogP contribution in [0, 0.1) is 5.92 Å². The first-order valence-corrected chi connectivity index (χ1v) is 7.98. The zero-order valence-corrected chi connectivity index (χ0v) is 12.1. The summed E-state index contributed by atoms with van der Waals surface area (Å²) < 4.78 is 26.7. The summed E-state index contributed by atoms with van der Waals surface area (Å²) in [6.07, 6.45) is 1.73. The summed E-state index contributed by atoms with van der Waals surface area (Å²) in [6.45, 7) is 1.82. The van der Waals surface area contributed by atoms with Gasteiger partial charge in [0.05, 0.1) is 4.90 Å². The maximum absolute atomic E-state index is 12.1. The Morgan fingerprint density at radius 2 is 1.90 bits per heavy atom. The van der Waals surface area contributed by atoms with Crippen molar-refractivity contribution < 1.29 is 13.2 Å². The second-order valence-corrected chi connectivity index (χ2v) is 6.92. The Hall–Kier alpha value is -1.44. The Balaban J connectivity index is 1.96. The van der Waals surface area contributed by atoms with E-state index in [2.05, 4.69) is 10.0 Å². The van der Waals surface area contributed by atoms with Gasteiger partial charge in [0.2, 0.25) is 15.9 Å². The SMILES string of the molecule is CC(=O)Nc1ccc(S(=O)(=O)NCC2CC(N)C2)cc1. The molecule has 1 aliphatic carbocycles. The van der Waals surface area contributed by atoms with Crippen molar-refractivity contribution in [2.75, 3.05) is 11.9 Å². The van der Waals surface area contributed by atoms with E-state index in [0.717, 1.165) is 12.8 Å². The summed E-state index contributed by atoms with van der Waals surface area (Å²) in [7, 11) is -3.50. The molecule has 110 valence electrons. The number of amides is 1. The van der Waals surface area contributed by atoms with Crippen LogP contribution in [0.15, 0.2) is 29.2 Å². The summed E-state index contributed by atoms with van der Waals surface area (Å²) in [5.74, 6) is 0.137. The van der Waals surface area contributed by atoms with Gasteiger partial charge in [-0.15, -0.1) is 0 Å². The number of carbonyl (C=O) groups is 1. The third-order valence-electron chi connectivity index (χ3n) is 3.32. The molecule has 0 aromatic heterocycles. The lowest BCUT2D eigenvalue weighted by Crippen LogP contribution is -2.42. The highest BCUT2D eigenvalue weighted by molar-refractivity contribution is 7.89. The van der Waals surface area contributed by atoms with Crippen molar-refractivity contribution in [3.8, 4) is 0 Å². The highest BCUT2D eigenvalue weighted by atomic mass is 32.2. The normalized spacial score (nSPS) is 22.1. The van der Waals surface area contributed by atoms with E-state index >= 15 is 0 Å². The van der Waals surface area contributed by atoms with Crippen molar-refractivity contribution in [1.82, 2.24) is 4.72 Å². The van der Waals surface area contributed by atoms with Crippen LogP contribution < -0.4 is 15.8 Å². The summed E-state index contributed by atoms with van der Waals surface area (Å²) in [4.78, 5) is 11.1. The van der Waals surface area contributed by atoms with Gasteiger partial charge >= 0.3 is 0 Å². The molecule has 7 heteroatoms. The molecule has 1 aliphatic rings. The molecule has 0 spiro atoms. The van der Waals surface area contributed by atoms with Gasteiger partial charge in [-0.2, -0.15) is 0 Å². The molecule has 0 saturated heterocycles. The number of anilines is 1. The maximum atomic E-state index is 12.1. The molecule has 0 radical (unpaired) electrons. The van der Waals surface area contributed by atoms with Crippen molar-refractivity contribution in [2.45, 2.75) is 30.7 Å². The highest BCUT2D eigenvalue weighted by Gasteiger charge is 2.27. The number of hydrogen-bond acceptors (Lipinski definition) is 4. The molecule has 0 bridgehead atoms. The molecule has 0 heterocycles. The molecule has 0 aliphatic heterocycles. The minimum atomic E-state index is -3.50. The minimum Gasteiger partial charge on any atom is -0.328 e. The first-order valence-electron chi connectivity index (χ1n) is 6.50. The van der Waals surface area contributed by atoms with Gasteiger partial charge in [0.1, 0.15) is 0 Å². The van der Waals surface area contributed by atoms with Gasteiger partial charge in [0.15, 0.2) is 0 Å². The second kappa shape index (κ2) is 5.90. The Morgan fingerprint density at radius 3 is 2.40 bits per heavy atom. The quantitative estimate of drug-likeness (QED) is 0.743. The van der Waals surface area contributed by atoms with Crippen molar-refractivity contribution in [1.29, 1.82) is 0 Å². The van der Waals surface area contributed by atoms with Crippen LogP contribution in [0.1, 0.15) is 19.8 Å². The van der Waals surface area contributed by atoms with E-state index < -0.39 is 10.0 Å². The molecule has 20 heavy (non-hydrogen) atoms. The number of rotatable bonds is 5. The van der Waals surface area contributed by atoms with Gasteiger partial charge in [-0.3, -0.25) is 4.79 Å². The van der Waals surface area contributed by atoms with E-state index in [-0.39, 0.29) is 16.8 Å². The van der Waals surface area contributed by atoms with Gasteiger partial charge in [-0.05, 0) is 43.0 Å².